The summed E-state index contributed by atoms with van der Waals surface area (Å²) in [5.74, 6) is -1.37. The summed E-state index contributed by atoms with van der Waals surface area (Å²) in [6, 6.07) is -0.915. The molecule has 1 rings (SSSR count). The molecule has 0 aliphatic heterocycles. The standard InChI is InChI=1S/C9H12N4O5/c1-6(14)11-7(9(15)18-2)3-12-4-8(10-5-12)13(16)17/h4-5,7H,3H2,1-2H3,(H,11,14). The van der Waals surface area contributed by atoms with Crippen LogP contribution >= 0.6 is 0 Å². The Kier molecular flexibility index (Phi) is 4.35. The van der Waals surface area contributed by atoms with Crippen molar-refractivity contribution in [2.24, 2.45) is 0 Å². The van der Waals surface area contributed by atoms with Gasteiger partial charge in [-0.3, -0.25) is 4.79 Å². The minimum Gasteiger partial charge on any atom is -0.467 e. The maximum Gasteiger partial charge on any atom is 0.381 e. The molecule has 18 heavy (non-hydrogen) atoms. The molecule has 98 valence electrons. The average Bonchev–Trinajstić information content (AvgIpc) is 2.75. The van der Waals surface area contributed by atoms with E-state index in [2.05, 4.69) is 15.0 Å². The number of rotatable bonds is 5. The van der Waals surface area contributed by atoms with Gasteiger partial charge in [0.05, 0.1) is 13.7 Å². The van der Waals surface area contributed by atoms with Gasteiger partial charge in [-0.25, -0.2) is 4.79 Å². The van der Waals surface area contributed by atoms with Gasteiger partial charge in [0.2, 0.25) is 12.2 Å². The minimum absolute atomic E-state index is 0.00704. The fourth-order valence-corrected chi connectivity index (χ4v) is 1.32. The molecule has 1 N–H and O–H groups in total. The van der Waals surface area contributed by atoms with Crippen LogP contribution in [0.2, 0.25) is 0 Å². The lowest BCUT2D eigenvalue weighted by Crippen LogP contribution is -2.43. The third-order valence-electron chi connectivity index (χ3n) is 2.06. The molecule has 1 aromatic rings. The van der Waals surface area contributed by atoms with Crippen LogP contribution in [0.3, 0.4) is 0 Å². The molecule has 1 heterocycles. The maximum absolute atomic E-state index is 11.4. The Morgan fingerprint density at radius 3 is 2.78 bits per heavy atom. The number of nitrogens with zero attached hydrogens (tertiary/aromatic N) is 3. The summed E-state index contributed by atoms with van der Waals surface area (Å²) in [5, 5.41) is 12.8. The molecule has 0 aliphatic rings. The van der Waals surface area contributed by atoms with Crippen molar-refractivity contribution in [2.45, 2.75) is 19.5 Å². The van der Waals surface area contributed by atoms with Gasteiger partial charge in [-0.05, 0) is 9.91 Å². The molecule has 0 aromatic carbocycles. The van der Waals surface area contributed by atoms with Crippen LogP contribution in [-0.2, 0) is 20.9 Å². The highest BCUT2D eigenvalue weighted by Gasteiger charge is 2.22. The highest BCUT2D eigenvalue weighted by atomic mass is 16.6. The largest absolute Gasteiger partial charge is 0.467 e. The Bertz CT molecular complexity index is 469. The molecule has 0 aliphatic carbocycles. The van der Waals surface area contributed by atoms with Crippen LogP contribution in [0.15, 0.2) is 12.5 Å². The van der Waals surface area contributed by atoms with Gasteiger partial charge in [0.15, 0.2) is 0 Å². The molecule has 0 saturated heterocycles. The van der Waals surface area contributed by atoms with E-state index in [9.17, 15) is 19.7 Å². The van der Waals surface area contributed by atoms with Crippen LogP contribution in [0.1, 0.15) is 6.92 Å². The predicted molar refractivity (Wildman–Crippen MR) is 58.5 cm³/mol. The normalized spacial score (nSPS) is 11.7. The zero-order chi connectivity index (χ0) is 13.7. The molecule has 0 spiro atoms. The number of hydrogen-bond acceptors (Lipinski definition) is 6. The van der Waals surface area contributed by atoms with Gasteiger partial charge in [-0.15, -0.1) is 0 Å². The number of carbonyl (C=O) groups excluding carboxylic acids is 2. The Balaban J connectivity index is 2.78. The predicted octanol–water partition coefficient (Wildman–Crippen LogP) is -0.531. The molecule has 0 radical (unpaired) electrons. The smallest absolute Gasteiger partial charge is 0.381 e. The van der Waals surface area contributed by atoms with Gasteiger partial charge in [-0.2, -0.15) is 0 Å². The molecule has 0 saturated carbocycles. The molecule has 1 amide bonds. The van der Waals surface area contributed by atoms with E-state index >= 15 is 0 Å². The number of imidazole rings is 1. The van der Waals surface area contributed by atoms with Crippen molar-refractivity contribution in [3.63, 3.8) is 0 Å². The van der Waals surface area contributed by atoms with Gasteiger partial charge in [0.25, 0.3) is 0 Å². The monoisotopic (exact) mass is 256 g/mol. The van der Waals surface area contributed by atoms with Crippen molar-refractivity contribution in [2.75, 3.05) is 7.11 Å². The number of esters is 1. The minimum atomic E-state index is -0.915. The fourth-order valence-electron chi connectivity index (χ4n) is 1.32. The molecule has 0 bridgehead atoms. The highest BCUT2D eigenvalue weighted by molar-refractivity contribution is 5.83. The molecular weight excluding hydrogens is 244 g/mol. The van der Waals surface area contributed by atoms with Crippen molar-refractivity contribution in [3.8, 4) is 0 Å². The quantitative estimate of drug-likeness (QED) is 0.430. The van der Waals surface area contributed by atoms with Crippen molar-refractivity contribution in [3.05, 3.63) is 22.6 Å². The first kappa shape index (κ1) is 13.6. The molecule has 1 aromatic heterocycles. The van der Waals surface area contributed by atoms with E-state index in [-0.39, 0.29) is 12.4 Å². The van der Waals surface area contributed by atoms with Crippen molar-refractivity contribution >= 4 is 17.7 Å². The van der Waals surface area contributed by atoms with Gasteiger partial charge in [0, 0.05) is 6.92 Å². The fraction of sp³-hybridized carbons (Fsp3) is 0.444. The van der Waals surface area contributed by atoms with E-state index < -0.39 is 22.8 Å². The van der Waals surface area contributed by atoms with Gasteiger partial charge in [0.1, 0.15) is 12.2 Å². The molecular formula is C9H12N4O5. The summed E-state index contributed by atoms with van der Waals surface area (Å²) < 4.78 is 5.85. The number of nitro groups is 1. The first-order chi connectivity index (χ1) is 8.43. The van der Waals surface area contributed by atoms with Crippen LogP contribution in [0.25, 0.3) is 0 Å². The average molecular weight is 256 g/mol. The van der Waals surface area contributed by atoms with Gasteiger partial charge < -0.3 is 24.7 Å². The Morgan fingerprint density at radius 1 is 1.67 bits per heavy atom. The van der Waals surface area contributed by atoms with Crippen LogP contribution in [0.4, 0.5) is 5.82 Å². The lowest BCUT2D eigenvalue weighted by Gasteiger charge is -2.14. The van der Waals surface area contributed by atoms with E-state index in [0.29, 0.717) is 0 Å². The number of amides is 1. The zero-order valence-corrected chi connectivity index (χ0v) is 9.82. The summed E-state index contributed by atoms with van der Waals surface area (Å²) >= 11 is 0. The molecule has 0 fully saturated rings. The molecule has 1 unspecified atom stereocenters. The number of aromatic nitrogens is 2. The number of nitrogens with one attached hydrogen (secondary N) is 1. The second kappa shape index (κ2) is 5.75. The summed E-state index contributed by atoms with van der Waals surface area (Å²) in [7, 11) is 1.19. The lowest BCUT2D eigenvalue weighted by atomic mass is 10.3. The number of carbonyl (C=O) groups is 2. The molecule has 9 heteroatoms. The van der Waals surface area contributed by atoms with Crippen molar-refractivity contribution in [1.82, 2.24) is 14.9 Å². The van der Waals surface area contributed by atoms with E-state index in [0.717, 1.165) is 6.20 Å². The Labute approximate surface area is 102 Å². The number of methoxy groups -OCH3 is 1. The lowest BCUT2D eigenvalue weighted by molar-refractivity contribution is -0.389. The summed E-state index contributed by atoms with van der Waals surface area (Å²) in [6.45, 7) is 1.26. The summed E-state index contributed by atoms with van der Waals surface area (Å²) in [5.41, 5.74) is 0. The Morgan fingerprint density at radius 2 is 2.33 bits per heavy atom. The van der Waals surface area contributed by atoms with Crippen LogP contribution in [-0.4, -0.2) is 39.5 Å². The molecule has 1 atom stereocenters. The Hall–Kier alpha value is -2.45. The second-order valence-corrected chi connectivity index (χ2v) is 3.46. The maximum atomic E-state index is 11.4. The van der Waals surface area contributed by atoms with E-state index in [1.807, 2.05) is 0 Å². The first-order valence-electron chi connectivity index (χ1n) is 4.95. The zero-order valence-electron chi connectivity index (χ0n) is 9.82. The van der Waals surface area contributed by atoms with E-state index in [4.69, 9.17) is 0 Å². The third kappa shape index (κ3) is 3.54. The van der Waals surface area contributed by atoms with E-state index in [1.165, 1.54) is 24.9 Å². The summed E-state index contributed by atoms with van der Waals surface area (Å²) in [4.78, 5) is 35.6. The molecule has 9 nitrogen and oxygen atoms in total. The topological polar surface area (TPSA) is 116 Å². The van der Waals surface area contributed by atoms with Crippen LogP contribution in [0, 0.1) is 10.1 Å². The van der Waals surface area contributed by atoms with Gasteiger partial charge >= 0.3 is 11.8 Å². The van der Waals surface area contributed by atoms with Crippen LogP contribution < -0.4 is 5.32 Å². The van der Waals surface area contributed by atoms with Crippen molar-refractivity contribution in [1.29, 1.82) is 0 Å². The number of hydrogen-bond donors (Lipinski definition) is 1. The SMILES string of the molecule is COC(=O)C(Cn1cnc([N+](=O)[O-])c1)NC(C)=O. The second-order valence-electron chi connectivity index (χ2n) is 3.46. The third-order valence-corrected chi connectivity index (χ3v) is 2.06. The van der Waals surface area contributed by atoms with Gasteiger partial charge in [-0.1, -0.05) is 0 Å². The number of ether oxygens (including phenoxy) is 1. The first-order valence-corrected chi connectivity index (χ1v) is 4.95. The van der Waals surface area contributed by atoms with E-state index in [1.54, 1.807) is 0 Å². The van der Waals surface area contributed by atoms with Crippen molar-refractivity contribution < 1.29 is 19.2 Å². The van der Waals surface area contributed by atoms with Crippen LogP contribution in [0.5, 0.6) is 0 Å². The summed E-state index contributed by atoms with van der Waals surface area (Å²) in [6.07, 6.45) is 2.37. The highest BCUT2D eigenvalue weighted by Crippen LogP contribution is 2.06.